The molecule has 2 unspecified atom stereocenters. The molecule has 1 aromatic rings. The van der Waals surface area contributed by atoms with E-state index in [2.05, 4.69) is 63.1 Å². The Morgan fingerprint density at radius 1 is 1.12 bits per heavy atom. The molecule has 2 heteroatoms. The number of rotatable bonds is 6. The zero-order chi connectivity index (χ0) is 12.8. The first kappa shape index (κ1) is 14.2. The predicted molar refractivity (Wildman–Crippen MR) is 75.0 cm³/mol. The van der Waals surface area contributed by atoms with Crippen molar-refractivity contribution < 1.29 is 0 Å². The quantitative estimate of drug-likeness (QED) is 0.819. The van der Waals surface area contributed by atoms with Crippen molar-refractivity contribution in [1.29, 1.82) is 0 Å². The molecule has 0 aliphatic carbocycles. The highest BCUT2D eigenvalue weighted by atomic mass is 15.2. The summed E-state index contributed by atoms with van der Waals surface area (Å²) in [6, 6.07) is 11.6. The molecule has 96 valence electrons. The molecular weight excluding hydrogens is 208 g/mol. The molecule has 0 bridgehead atoms. The van der Waals surface area contributed by atoms with Crippen LogP contribution in [0.5, 0.6) is 0 Å². The van der Waals surface area contributed by atoms with Gasteiger partial charge < -0.3 is 5.73 Å². The van der Waals surface area contributed by atoms with Gasteiger partial charge in [-0.25, -0.2) is 0 Å². The van der Waals surface area contributed by atoms with Gasteiger partial charge in [-0.05, 0) is 32.4 Å². The van der Waals surface area contributed by atoms with Crippen LogP contribution in [0.4, 0.5) is 0 Å². The standard InChI is InChI=1S/C15H26N2/c1-5-14(6-2)17(4)15(12(3)16)13-10-8-7-9-11-13/h7-12,14-15H,5-6,16H2,1-4H3. The number of nitrogens with two attached hydrogens (primary N) is 1. The van der Waals surface area contributed by atoms with Gasteiger partial charge in [0.15, 0.2) is 0 Å². The number of benzene rings is 1. The Kier molecular flexibility index (Phi) is 5.66. The van der Waals surface area contributed by atoms with Gasteiger partial charge in [-0.1, -0.05) is 44.2 Å². The van der Waals surface area contributed by atoms with Gasteiger partial charge in [-0.3, -0.25) is 4.90 Å². The van der Waals surface area contributed by atoms with Crippen LogP contribution in [0.25, 0.3) is 0 Å². The van der Waals surface area contributed by atoms with Crippen LogP contribution in [0.2, 0.25) is 0 Å². The minimum atomic E-state index is 0.142. The summed E-state index contributed by atoms with van der Waals surface area (Å²) in [7, 11) is 2.19. The molecule has 0 saturated carbocycles. The van der Waals surface area contributed by atoms with E-state index < -0.39 is 0 Å². The molecule has 1 aromatic carbocycles. The fraction of sp³-hybridized carbons (Fsp3) is 0.600. The van der Waals surface area contributed by atoms with Crippen molar-refractivity contribution >= 4 is 0 Å². The van der Waals surface area contributed by atoms with Crippen LogP contribution in [-0.2, 0) is 0 Å². The van der Waals surface area contributed by atoms with Crippen LogP contribution in [0.1, 0.15) is 45.2 Å². The van der Waals surface area contributed by atoms with E-state index in [4.69, 9.17) is 5.73 Å². The first-order chi connectivity index (χ1) is 8.11. The molecule has 0 aromatic heterocycles. The average Bonchev–Trinajstić information content (AvgIpc) is 2.31. The summed E-state index contributed by atoms with van der Waals surface area (Å²) >= 11 is 0. The third kappa shape index (κ3) is 3.55. The third-order valence-electron chi connectivity index (χ3n) is 3.60. The lowest BCUT2D eigenvalue weighted by Crippen LogP contribution is -2.42. The zero-order valence-electron chi connectivity index (χ0n) is 11.6. The fourth-order valence-corrected chi connectivity index (χ4v) is 2.65. The van der Waals surface area contributed by atoms with Crippen LogP contribution in [0.15, 0.2) is 30.3 Å². The first-order valence-corrected chi connectivity index (χ1v) is 6.64. The van der Waals surface area contributed by atoms with Gasteiger partial charge in [0.25, 0.3) is 0 Å². The Morgan fingerprint density at radius 3 is 2.06 bits per heavy atom. The Balaban J connectivity index is 2.94. The lowest BCUT2D eigenvalue weighted by atomic mass is 9.97. The summed E-state index contributed by atoms with van der Waals surface area (Å²) in [5.74, 6) is 0. The van der Waals surface area contributed by atoms with Gasteiger partial charge in [0.1, 0.15) is 0 Å². The molecule has 0 amide bonds. The minimum absolute atomic E-state index is 0.142. The largest absolute Gasteiger partial charge is 0.326 e. The van der Waals surface area contributed by atoms with Crippen molar-refractivity contribution in [2.75, 3.05) is 7.05 Å². The van der Waals surface area contributed by atoms with E-state index in [-0.39, 0.29) is 6.04 Å². The second-order valence-electron chi connectivity index (χ2n) is 4.85. The topological polar surface area (TPSA) is 29.3 Å². The minimum Gasteiger partial charge on any atom is -0.326 e. The molecular formula is C15H26N2. The molecule has 2 atom stereocenters. The van der Waals surface area contributed by atoms with Crippen molar-refractivity contribution in [2.24, 2.45) is 5.73 Å². The second-order valence-corrected chi connectivity index (χ2v) is 4.85. The zero-order valence-corrected chi connectivity index (χ0v) is 11.6. The monoisotopic (exact) mass is 234 g/mol. The number of hydrogen-bond donors (Lipinski definition) is 1. The Hall–Kier alpha value is -0.860. The highest BCUT2D eigenvalue weighted by molar-refractivity contribution is 5.20. The van der Waals surface area contributed by atoms with E-state index in [0.717, 1.165) is 0 Å². The van der Waals surface area contributed by atoms with Gasteiger partial charge in [-0.15, -0.1) is 0 Å². The van der Waals surface area contributed by atoms with Crippen molar-refractivity contribution in [3.8, 4) is 0 Å². The third-order valence-corrected chi connectivity index (χ3v) is 3.60. The van der Waals surface area contributed by atoms with Crippen LogP contribution in [0, 0.1) is 0 Å². The molecule has 0 aliphatic heterocycles. The predicted octanol–water partition coefficient (Wildman–Crippen LogP) is 3.20. The molecule has 0 aliphatic rings. The molecule has 0 radical (unpaired) electrons. The second kappa shape index (κ2) is 6.77. The Bertz CT molecular complexity index is 304. The van der Waals surface area contributed by atoms with E-state index in [1.165, 1.54) is 18.4 Å². The maximum Gasteiger partial charge on any atom is 0.0496 e. The number of hydrogen-bond acceptors (Lipinski definition) is 2. The van der Waals surface area contributed by atoms with Crippen molar-refractivity contribution in [3.63, 3.8) is 0 Å². The molecule has 2 nitrogen and oxygen atoms in total. The van der Waals surface area contributed by atoms with E-state index in [1.54, 1.807) is 0 Å². The van der Waals surface area contributed by atoms with Gasteiger partial charge in [0.05, 0.1) is 0 Å². The lowest BCUT2D eigenvalue weighted by Gasteiger charge is -2.37. The molecule has 0 fully saturated rings. The summed E-state index contributed by atoms with van der Waals surface area (Å²) in [5.41, 5.74) is 7.49. The highest BCUT2D eigenvalue weighted by Gasteiger charge is 2.24. The molecule has 0 spiro atoms. The normalized spacial score (nSPS) is 15.2. The van der Waals surface area contributed by atoms with Crippen LogP contribution in [0.3, 0.4) is 0 Å². The molecule has 2 N–H and O–H groups in total. The summed E-state index contributed by atoms with van der Waals surface area (Å²) in [4.78, 5) is 2.43. The maximum absolute atomic E-state index is 6.18. The van der Waals surface area contributed by atoms with Crippen molar-refractivity contribution in [2.45, 2.75) is 51.7 Å². The molecule has 1 rings (SSSR count). The summed E-state index contributed by atoms with van der Waals surface area (Å²) < 4.78 is 0. The smallest absolute Gasteiger partial charge is 0.0496 e. The van der Waals surface area contributed by atoms with Crippen LogP contribution in [-0.4, -0.2) is 24.0 Å². The lowest BCUT2D eigenvalue weighted by molar-refractivity contribution is 0.146. The van der Waals surface area contributed by atoms with Gasteiger partial charge in [0, 0.05) is 18.1 Å². The van der Waals surface area contributed by atoms with Crippen molar-refractivity contribution in [1.82, 2.24) is 4.90 Å². The Morgan fingerprint density at radius 2 is 1.65 bits per heavy atom. The van der Waals surface area contributed by atoms with Gasteiger partial charge in [-0.2, -0.15) is 0 Å². The maximum atomic E-state index is 6.18. The van der Waals surface area contributed by atoms with Crippen LogP contribution < -0.4 is 5.73 Å². The van der Waals surface area contributed by atoms with E-state index in [1.807, 2.05) is 0 Å². The number of nitrogens with zero attached hydrogens (tertiary/aromatic N) is 1. The number of likely N-dealkylation sites (N-methyl/N-ethyl adjacent to an activating group) is 1. The summed E-state index contributed by atoms with van der Waals surface area (Å²) in [5, 5.41) is 0. The molecule has 17 heavy (non-hydrogen) atoms. The summed E-state index contributed by atoms with van der Waals surface area (Å²) in [6.45, 7) is 6.58. The fourth-order valence-electron chi connectivity index (χ4n) is 2.65. The van der Waals surface area contributed by atoms with Gasteiger partial charge in [0.2, 0.25) is 0 Å². The average molecular weight is 234 g/mol. The van der Waals surface area contributed by atoms with Crippen LogP contribution >= 0.6 is 0 Å². The van der Waals surface area contributed by atoms with Crippen molar-refractivity contribution in [3.05, 3.63) is 35.9 Å². The molecule has 0 saturated heterocycles. The SMILES string of the molecule is CCC(CC)N(C)C(c1ccccc1)C(C)N. The Labute approximate surface area is 106 Å². The van der Waals surface area contributed by atoms with E-state index in [0.29, 0.717) is 12.1 Å². The summed E-state index contributed by atoms with van der Waals surface area (Å²) in [6.07, 6.45) is 2.34. The van der Waals surface area contributed by atoms with E-state index in [9.17, 15) is 0 Å². The molecule has 0 heterocycles. The first-order valence-electron chi connectivity index (χ1n) is 6.64. The van der Waals surface area contributed by atoms with E-state index >= 15 is 0 Å². The van der Waals surface area contributed by atoms with Gasteiger partial charge >= 0.3 is 0 Å². The highest BCUT2D eigenvalue weighted by Crippen LogP contribution is 2.25.